The predicted octanol–water partition coefficient (Wildman–Crippen LogP) is 2.44. The smallest absolute Gasteiger partial charge is 0.260 e. The van der Waals surface area contributed by atoms with Crippen molar-refractivity contribution in [2.75, 3.05) is 18.4 Å². The second-order valence-electron chi connectivity index (χ2n) is 8.04. The number of hydrogen-bond donors (Lipinski definition) is 1. The Morgan fingerprint density at radius 1 is 1.14 bits per heavy atom. The molecule has 2 aliphatic carbocycles. The van der Waals surface area contributed by atoms with E-state index in [9.17, 15) is 18.4 Å². The van der Waals surface area contributed by atoms with Crippen LogP contribution in [0.2, 0.25) is 0 Å². The molecule has 28 heavy (non-hydrogen) atoms. The highest BCUT2D eigenvalue weighted by Gasteiger charge is 2.62. The largest absolute Gasteiger partial charge is 0.342 e. The first-order valence-corrected chi connectivity index (χ1v) is 9.75. The lowest BCUT2D eigenvalue weighted by Gasteiger charge is -2.32. The van der Waals surface area contributed by atoms with Crippen molar-refractivity contribution < 1.29 is 18.4 Å². The molecule has 0 bridgehead atoms. The Labute approximate surface area is 160 Å². The molecule has 1 atom stereocenters. The molecule has 1 unspecified atom stereocenters. The van der Waals surface area contributed by atoms with Gasteiger partial charge in [0.25, 0.3) is 5.92 Å². The fourth-order valence-electron chi connectivity index (χ4n) is 3.94. The van der Waals surface area contributed by atoms with E-state index in [0.29, 0.717) is 37.5 Å². The Morgan fingerprint density at radius 2 is 1.86 bits per heavy atom. The molecular weight excluding hydrogens is 368 g/mol. The molecule has 0 aromatic carbocycles. The number of carbonyl (C=O) groups is 2. The van der Waals surface area contributed by atoms with E-state index in [1.54, 1.807) is 9.42 Å². The van der Waals surface area contributed by atoms with Crippen LogP contribution in [0.15, 0.2) is 18.2 Å². The van der Waals surface area contributed by atoms with Gasteiger partial charge in [-0.05, 0) is 37.8 Å². The molecular formula is C19H21F2N5O2. The molecule has 0 radical (unpaired) electrons. The van der Waals surface area contributed by atoms with E-state index in [-0.39, 0.29) is 24.2 Å². The van der Waals surface area contributed by atoms with Crippen LogP contribution < -0.4 is 5.32 Å². The van der Waals surface area contributed by atoms with Crippen LogP contribution in [0.4, 0.5) is 14.7 Å². The molecule has 2 amide bonds. The highest BCUT2D eigenvalue weighted by atomic mass is 19.3. The second kappa shape index (κ2) is 6.22. The maximum atomic E-state index is 13.2. The lowest BCUT2D eigenvalue weighted by Crippen LogP contribution is -2.40. The normalized spacial score (nSPS) is 24.4. The molecule has 1 saturated heterocycles. The number of carbonyl (C=O) groups excluding carboxylic acids is 2. The Balaban J connectivity index is 1.29. The molecule has 1 aliphatic heterocycles. The fourth-order valence-corrected chi connectivity index (χ4v) is 3.94. The van der Waals surface area contributed by atoms with Crippen molar-refractivity contribution in [2.24, 2.45) is 11.8 Å². The third kappa shape index (κ3) is 3.12. The van der Waals surface area contributed by atoms with Gasteiger partial charge in [0.05, 0.1) is 0 Å². The van der Waals surface area contributed by atoms with Gasteiger partial charge in [-0.15, -0.1) is 5.10 Å². The third-order valence-corrected chi connectivity index (χ3v) is 5.92. The topological polar surface area (TPSA) is 79.6 Å². The minimum atomic E-state index is -2.82. The van der Waals surface area contributed by atoms with Crippen molar-refractivity contribution in [1.29, 1.82) is 0 Å². The number of aromatic nitrogens is 3. The third-order valence-electron chi connectivity index (χ3n) is 5.92. The summed E-state index contributed by atoms with van der Waals surface area (Å²) in [6.45, 7) is 0.929. The highest BCUT2D eigenvalue weighted by Crippen LogP contribution is 2.50. The number of fused-ring (bicyclic) bond motifs is 1. The van der Waals surface area contributed by atoms with Crippen LogP contribution in [0.5, 0.6) is 0 Å². The van der Waals surface area contributed by atoms with Gasteiger partial charge in [0.1, 0.15) is 5.92 Å². The molecule has 2 aromatic rings. The van der Waals surface area contributed by atoms with Crippen LogP contribution in [0, 0.1) is 11.8 Å². The molecule has 3 aliphatic rings. The number of alkyl halides is 2. The quantitative estimate of drug-likeness (QED) is 0.871. The van der Waals surface area contributed by atoms with E-state index in [4.69, 9.17) is 0 Å². The molecule has 3 heterocycles. The van der Waals surface area contributed by atoms with Crippen LogP contribution in [0.25, 0.3) is 5.65 Å². The van der Waals surface area contributed by atoms with Gasteiger partial charge in [0.15, 0.2) is 5.65 Å². The Hall–Kier alpha value is -2.58. The number of piperidine rings is 1. The minimum Gasteiger partial charge on any atom is -0.342 e. The number of nitrogens with zero attached hydrogens (tertiary/aromatic N) is 4. The zero-order valence-corrected chi connectivity index (χ0v) is 15.3. The van der Waals surface area contributed by atoms with Crippen LogP contribution in [0.1, 0.15) is 43.7 Å². The number of likely N-dealkylation sites (tertiary alicyclic amines) is 1. The second-order valence-corrected chi connectivity index (χ2v) is 8.04. The predicted molar refractivity (Wildman–Crippen MR) is 95.9 cm³/mol. The van der Waals surface area contributed by atoms with Gasteiger partial charge in [-0.25, -0.2) is 13.3 Å². The number of amides is 2. The number of halogens is 2. The van der Waals surface area contributed by atoms with Crippen LogP contribution in [0.3, 0.4) is 0 Å². The van der Waals surface area contributed by atoms with Crippen LogP contribution in [-0.4, -0.2) is 50.3 Å². The van der Waals surface area contributed by atoms with E-state index in [0.717, 1.165) is 18.5 Å². The molecule has 7 nitrogen and oxygen atoms in total. The van der Waals surface area contributed by atoms with E-state index in [1.165, 1.54) is 0 Å². The van der Waals surface area contributed by atoms with Crippen molar-refractivity contribution in [3.63, 3.8) is 0 Å². The average Bonchev–Trinajstić information content (AvgIpc) is 3.58. The monoisotopic (exact) mass is 389 g/mol. The average molecular weight is 389 g/mol. The van der Waals surface area contributed by atoms with Crippen molar-refractivity contribution in [3.8, 4) is 0 Å². The molecule has 1 N–H and O–H groups in total. The van der Waals surface area contributed by atoms with Crippen molar-refractivity contribution in [1.82, 2.24) is 19.5 Å². The van der Waals surface area contributed by atoms with Crippen molar-refractivity contribution in [3.05, 3.63) is 23.9 Å². The fraction of sp³-hybridized carbons (Fsp3) is 0.579. The van der Waals surface area contributed by atoms with Gasteiger partial charge in [-0.1, -0.05) is 6.07 Å². The summed E-state index contributed by atoms with van der Waals surface area (Å²) >= 11 is 0. The summed E-state index contributed by atoms with van der Waals surface area (Å²) in [5, 5.41) is 7.21. The first-order valence-electron chi connectivity index (χ1n) is 9.75. The Morgan fingerprint density at radius 3 is 2.50 bits per heavy atom. The zero-order valence-electron chi connectivity index (χ0n) is 15.3. The summed E-state index contributed by atoms with van der Waals surface area (Å²) < 4.78 is 28.1. The first-order chi connectivity index (χ1) is 13.4. The van der Waals surface area contributed by atoms with Gasteiger partial charge in [-0.2, -0.15) is 4.98 Å². The summed E-state index contributed by atoms with van der Waals surface area (Å²) in [6, 6.07) is 5.69. The molecule has 2 aromatic heterocycles. The summed E-state index contributed by atoms with van der Waals surface area (Å²) in [7, 11) is 0. The van der Waals surface area contributed by atoms with Gasteiger partial charge < -0.3 is 4.90 Å². The lowest BCUT2D eigenvalue weighted by atomic mass is 9.92. The van der Waals surface area contributed by atoms with Gasteiger partial charge in [-0.3, -0.25) is 14.9 Å². The summed E-state index contributed by atoms with van der Waals surface area (Å²) in [5.41, 5.74) is 1.61. The molecule has 9 heteroatoms. The zero-order chi connectivity index (χ0) is 19.5. The van der Waals surface area contributed by atoms with Crippen LogP contribution >= 0.6 is 0 Å². The Kier molecular flexibility index (Phi) is 3.89. The minimum absolute atomic E-state index is 0.0406. The number of rotatable bonds is 4. The summed E-state index contributed by atoms with van der Waals surface area (Å²) in [4.78, 5) is 30.1. The molecule has 3 fully saturated rings. The number of hydrogen-bond acceptors (Lipinski definition) is 4. The van der Waals surface area contributed by atoms with Crippen molar-refractivity contribution in [2.45, 2.75) is 43.9 Å². The van der Waals surface area contributed by atoms with Crippen LogP contribution in [-0.2, 0) is 9.59 Å². The highest BCUT2D eigenvalue weighted by molar-refractivity contribution is 5.92. The van der Waals surface area contributed by atoms with Gasteiger partial charge >= 0.3 is 0 Å². The summed E-state index contributed by atoms with van der Waals surface area (Å²) in [6.07, 6.45) is 2.88. The molecule has 148 valence electrons. The van der Waals surface area contributed by atoms with E-state index in [1.807, 2.05) is 18.2 Å². The standard InChI is InChI=1S/C19H21F2N5O2/c20-19(21)10-13(19)17(28)25-8-6-11(7-9-25)14-2-1-3-15-22-18(24-26(14)15)23-16(27)12-4-5-12/h1-3,11-13H,4-10H2,(H,23,24,27). The number of nitrogens with one attached hydrogen (secondary N) is 1. The molecule has 5 rings (SSSR count). The number of pyridine rings is 1. The molecule has 2 saturated carbocycles. The van der Waals surface area contributed by atoms with E-state index >= 15 is 0 Å². The SMILES string of the molecule is O=C(Nc1nc2cccc(C3CCN(C(=O)C4CC4(F)F)CC3)n2n1)C1CC1. The maximum absolute atomic E-state index is 13.2. The number of anilines is 1. The van der Waals surface area contributed by atoms with Gasteiger partial charge in [0, 0.05) is 37.0 Å². The van der Waals surface area contributed by atoms with Crippen molar-refractivity contribution >= 4 is 23.4 Å². The lowest BCUT2D eigenvalue weighted by molar-refractivity contribution is -0.135. The summed E-state index contributed by atoms with van der Waals surface area (Å²) in [5.74, 6) is -3.88. The maximum Gasteiger partial charge on any atom is 0.260 e. The Bertz CT molecular complexity index is 947. The molecule has 0 spiro atoms. The van der Waals surface area contributed by atoms with E-state index in [2.05, 4.69) is 15.4 Å². The van der Waals surface area contributed by atoms with E-state index < -0.39 is 17.7 Å². The first kappa shape index (κ1) is 17.5. The van der Waals surface area contributed by atoms with Gasteiger partial charge in [0.2, 0.25) is 17.8 Å².